The van der Waals surface area contributed by atoms with Crippen LogP contribution in [0.2, 0.25) is 0 Å². The highest BCUT2D eigenvalue weighted by Gasteiger charge is 2.17. The van der Waals surface area contributed by atoms with Crippen molar-refractivity contribution in [3.8, 4) is 0 Å². The maximum atomic E-state index is 11.5. The van der Waals surface area contributed by atoms with Crippen LogP contribution in [0, 0.1) is 0 Å². The normalized spacial score (nSPS) is 14.5. The molecule has 0 saturated heterocycles. The highest BCUT2D eigenvalue weighted by Crippen LogP contribution is 2.05. The number of nitrogens with two attached hydrogens (primary N) is 1. The minimum Gasteiger partial charge on any atom is -0.239 e. The van der Waals surface area contributed by atoms with E-state index in [2.05, 4.69) is 9.50 Å². The van der Waals surface area contributed by atoms with Gasteiger partial charge in [-0.1, -0.05) is 11.3 Å². The summed E-state index contributed by atoms with van der Waals surface area (Å²) in [5.74, 6) is 0. The zero-order valence-corrected chi connectivity index (χ0v) is 11.7. The molecule has 0 saturated carbocycles. The predicted octanol–water partition coefficient (Wildman–Crippen LogP) is -2.16. The van der Waals surface area contributed by atoms with Crippen LogP contribution in [0.15, 0.2) is 8.74 Å². The minimum absolute atomic E-state index is 0.0808. The molecule has 1 aromatic heterocycles. The highest BCUT2D eigenvalue weighted by molar-refractivity contribution is 7.91. The summed E-state index contributed by atoms with van der Waals surface area (Å²) in [4.78, 5) is -0.0808. The molecule has 0 spiro atoms. The molecule has 1 rings (SSSR count). The van der Waals surface area contributed by atoms with Gasteiger partial charge in [-0.25, -0.2) is 18.2 Å². The van der Waals surface area contributed by atoms with Crippen molar-refractivity contribution in [3.63, 3.8) is 0 Å². The van der Waals surface area contributed by atoms with E-state index >= 15 is 0 Å². The van der Waals surface area contributed by atoms with Crippen LogP contribution >= 0.6 is 11.3 Å². The first-order valence-electron chi connectivity index (χ1n) is 4.09. The van der Waals surface area contributed by atoms with E-state index in [0.29, 0.717) is 11.3 Å². The van der Waals surface area contributed by atoms with Crippen molar-refractivity contribution in [3.05, 3.63) is 4.80 Å². The SMILES string of the molecule is CN(C)S(=O)(=O)/N=c1/sc(S(N)(=O)=O)nn1C. The molecule has 0 bridgehead atoms. The molecular weight excluding hydrogens is 290 g/mol. The molecule has 1 aromatic rings. The van der Waals surface area contributed by atoms with Crippen molar-refractivity contribution in [1.82, 2.24) is 14.1 Å². The lowest BCUT2D eigenvalue weighted by Crippen LogP contribution is -2.24. The molecule has 2 N–H and O–H groups in total. The van der Waals surface area contributed by atoms with Crippen molar-refractivity contribution < 1.29 is 16.8 Å². The Morgan fingerprint density at radius 2 is 1.88 bits per heavy atom. The predicted molar refractivity (Wildman–Crippen MR) is 60.6 cm³/mol. The average molecular weight is 301 g/mol. The second-order valence-electron chi connectivity index (χ2n) is 3.17. The lowest BCUT2D eigenvalue weighted by atomic mass is 11.2. The topological polar surface area (TPSA) is 128 Å². The van der Waals surface area contributed by atoms with Gasteiger partial charge in [-0.2, -0.15) is 12.7 Å². The zero-order chi connectivity index (χ0) is 13.4. The standard InChI is InChI=1S/C5H11N5O4S3/c1-9(2)17(13,14)8-4-10(3)7-5(15-4)16(6,11)12/h1-3H3,(H2,6,11,12)/b8-4+. The van der Waals surface area contributed by atoms with E-state index in [1.807, 2.05) is 0 Å². The fourth-order valence-electron chi connectivity index (χ4n) is 0.703. The van der Waals surface area contributed by atoms with Crippen LogP contribution in [0.3, 0.4) is 0 Å². The molecule has 0 radical (unpaired) electrons. The fourth-order valence-corrected chi connectivity index (χ4v) is 3.03. The molecule has 12 heteroatoms. The van der Waals surface area contributed by atoms with Crippen molar-refractivity contribution in [2.75, 3.05) is 14.1 Å². The van der Waals surface area contributed by atoms with E-state index in [1.54, 1.807) is 0 Å². The number of hydrogen-bond donors (Lipinski definition) is 1. The van der Waals surface area contributed by atoms with Crippen molar-refractivity contribution >= 4 is 31.6 Å². The van der Waals surface area contributed by atoms with Gasteiger partial charge in [-0.3, -0.25) is 0 Å². The Bertz CT molecular complexity index is 679. The molecule has 0 amide bonds. The highest BCUT2D eigenvalue weighted by atomic mass is 32.2. The molecule has 0 unspecified atom stereocenters. The van der Waals surface area contributed by atoms with E-state index in [4.69, 9.17) is 5.14 Å². The van der Waals surface area contributed by atoms with Crippen LogP contribution in [-0.4, -0.2) is 45.0 Å². The summed E-state index contributed by atoms with van der Waals surface area (Å²) in [7, 11) is -3.81. The van der Waals surface area contributed by atoms with E-state index in [1.165, 1.54) is 21.1 Å². The molecule has 0 aliphatic carbocycles. The Morgan fingerprint density at radius 1 is 1.35 bits per heavy atom. The third-order valence-electron chi connectivity index (χ3n) is 1.59. The van der Waals surface area contributed by atoms with E-state index in [9.17, 15) is 16.8 Å². The third kappa shape index (κ3) is 3.32. The quantitative estimate of drug-likeness (QED) is 0.680. The number of aryl methyl sites for hydroxylation is 1. The first-order chi connectivity index (χ1) is 7.54. The number of aromatic nitrogens is 2. The molecule has 9 nitrogen and oxygen atoms in total. The maximum absolute atomic E-state index is 11.5. The number of sulfonamides is 1. The smallest absolute Gasteiger partial charge is 0.239 e. The van der Waals surface area contributed by atoms with Crippen molar-refractivity contribution in [2.45, 2.75) is 4.34 Å². The Labute approximate surface area is 102 Å². The first-order valence-corrected chi connectivity index (χ1v) is 7.85. The molecule has 17 heavy (non-hydrogen) atoms. The van der Waals surface area contributed by atoms with Crippen molar-refractivity contribution in [1.29, 1.82) is 0 Å². The molecule has 0 aliphatic heterocycles. The van der Waals surface area contributed by atoms with Gasteiger partial charge >= 0.3 is 10.2 Å². The van der Waals surface area contributed by atoms with Gasteiger partial charge < -0.3 is 0 Å². The van der Waals surface area contributed by atoms with Gasteiger partial charge in [0, 0.05) is 21.1 Å². The zero-order valence-electron chi connectivity index (χ0n) is 9.22. The van der Waals surface area contributed by atoms with Gasteiger partial charge in [-0.15, -0.1) is 9.50 Å². The van der Waals surface area contributed by atoms with Crippen LogP contribution in [0.5, 0.6) is 0 Å². The summed E-state index contributed by atoms with van der Waals surface area (Å²) in [5.41, 5.74) is 0. The second-order valence-corrected chi connectivity index (χ2v) is 7.67. The Morgan fingerprint density at radius 3 is 2.24 bits per heavy atom. The van der Waals surface area contributed by atoms with Gasteiger partial charge in [0.2, 0.25) is 9.14 Å². The monoisotopic (exact) mass is 301 g/mol. The summed E-state index contributed by atoms with van der Waals surface area (Å²) in [5, 5.41) is 8.44. The number of primary sulfonamides is 1. The van der Waals surface area contributed by atoms with Crippen LogP contribution in [0.4, 0.5) is 0 Å². The molecular formula is C5H11N5O4S3. The Kier molecular flexibility index (Phi) is 3.73. The first kappa shape index (κ1) is 14.2. The lowest BCUT2D eigenvalue weighted by Gasteiger charge is -2.03. The number of nitrogens with zero attached hydrogens (tertiary/aromatic N) is 4. The fraction of sp³-hybridized carbons (Fsp3) is 0.600. The molecule has 0 aliphatic rings. The summed E-state index contributed by atoms with van der Waals surface area (Å²) in [6.45, 7) is 0. The third-order valence-corrected chi connectivity index (χ3v) is 5.34. The van der Waals surface area contributed by atoms with Crippen LogP contribution in [-0.2, 0) is 27.3 Å². The van der Waals surface area contributed by atoms with Crippen LogP contribution < -0.4 is 9.94 Å². The second kappa shape index (κ2) is 4.45. The van der Waals surface area contributed by atoms with Crippen LogP contribution in [0.1, 0.15) is 0 Å². The minimum atomic E-state index is -3.96. The van der Waals surface area contributed by atoms with E-state index < -0.39 is 24.6 Å². The van der Waals surface area contributed by atoms with Gasteiger partial charge in [0.15, 0.2) is 0 Å². The summed E-state index contributed by atoms with van der Waals surface area (Å²) in [6, 6.07) is 0. The molecule has 0 fully saturated rings. The van der Waals surface area contributed by atoms with Gasteiger partial charge in [-0.05, 0) is 0 Å². The summed E-state index contributed by atoms with van der Waals surface area (Å²) >= 11 is 0.577. The van der Waals surface area contributed by atoms with Crippen molar-refractivity contribution in [2.24, 2.45) is 16.6 Å². The van der Waals surface area contributed by atoms with Gasteiger partial charge in [0.05, 0.1) is 0 Å². The van der Waals surface area contributed by atoms with Gasteiger partial charge in [0.1, 0.15) is 0 Å². The van der Waals surface area contributed by atoms with Gasteiger partial charge in [0.25, 0.3) is 10.0 Å². The molecule has 1 heterocycles. The number of rotatable bonds is 3. The number of hydrogen-bond acceptors (Lipinski definition) is 6. The van der Waals surface area contributed by atoms with Crippen LogP contribution in [0.25, 0.3) is 0 Å². The molecule has 0 atom stereocenters. The summed E-state index contributed by atoms with van der Waals surface area (Å²) < 4.78 is 49.9. The maximum Gasteiger partial charge on any atom is 0.324 e. The summed E-state index contributed by atoms with van der Waals surface area (Å²) in [6.07, 6.45) is 0. The van der Waals surface area contributed by atoms with E-state index in [-0.39, 0.29) is 4.80 Å². The molecule has 0 aromatic carbocycles. The Balaban J connectivity index is 3.46. The average Bonchev–Trinajstić information content (AvgIpc) is 2.46. The molecule has 98 valence electrons. The lowest BCUT2D eigenvalue weighted by molar-refractivity contribution is 0.520. The van der Waals surface area contributed by atoms with E-state index in [0.717, 1.165) is 8.99 Å². The Hall–Kier alpha value is -0.820. The largest absolute Gasteiger partial charge is 0.324 e.